The quantitative estimate of drug-likeness (QED) is 0.667. The van der Waals surface area contributed by atoms with Gasteiger partial charge in [0.25, 0.3) is 0 Å². The molecular formula is C8H16N4O. The summed E-state index contributed by atoms with van der Waals surface area (Å²) in [6.07, 6.45) is 0.722. The van der Waals surface area contributed by atoms with Crippen LogP contribution in [0.1, 0.15) is 18.1 Å². The normalized spacial score (nSPS) is 13.2. The molecule has 0 saturated heterocycles. The minimum absolute atomic E-state index is 0.0206. The fourth-order valence-corrected chi connectivity index (χ4v) is 1.15. The molecule has 74 valence electrons. The highest BCUT2D eigenvalue weighted by atomic mass is 16.3. The summed E-state index contributed by atoms with van der Waals surface area (Å²) in [5.41, 5.74) is 5.57. The van der Waals surface area contributed by atoms with Crippen LogP contribution in [0.15, 0.2) is 0 Å². The Balaban J connectivity index is 2.49. The van der Waals surface area contributed by atoms with Crippen LogP contribution in [0.25, 0.3) is 0 Å². The van der Waals surface area contributed by atoms with Crippen molar-refractivity contribution in [1.29, 1.82) is 0 Å². The molecule has 0 aliphatic heterocycles. The van der Waals surface area contributed by atoms with E-state index in [9.17, 15) is 0 Å². The van der Waals surface area contributed by atoms with E-state index in [0.29, 0.717) is 6.54 Å². The van der Waals surface area contributed by atoms with Gasteiger partial charge < -0.3 is 10.8 Å². The van der Waals surface area contributed by atoms with Crippen molar-refractivity contribution in [2.75, 3.05) is 6.61 Å². The van der Waals surface area contributed by atoms with Gasteiger partial charge in [-0.1, -0.05) is 0 Å². The van der Waals surface area contributed by atoms with Crippen molar-refractivity contribution in [2.24, 2.45) is 5.73 Å². The molecule has 3 N–H and O–H groups in total. The Kier molecular flexibility index (Phi) is 3.39. The molecule has 0 saturated carbocycles. The first-order valence-electron chi connectivity index (χ1n) is 4.38. The molecule has 0 amide bonds. The lowest BCUT2D eigenvalue weighted by Crippen LogP contribution is -2.26. The summed E-state index contributed by atoms with van der Waals surface area (Å²) in [5, 5.41) is 12.9. The molecule has 0 bridgehead atoms. The molecule has 1 aromatic heterocycles. The number of aromatic nitrogens is 3. The summed E-state index contributed by atoms with van der Waals surface area (Å²) in [6.45, 7) is 4.50. The van der Waals surface area contributed by atoms with Crippen LogP contribution in [0.2, 0.25) is 0 Å². The summed E-state index contributed by atoms with van der Waals surface area (Å²) in [5.74, 6) is 1.66. The zero-order valence-electron chi connectivity index (χ0n) is 8.06. The fraction of sp³-hybridized carbons (Fsp3) is 0.750. The number of rotatable bonds is 4. The molecular weight excluding hydrogens is 168 g/mol. The third kappa shape index (κ3) is 2.78. The van der Waals surface area contributed by atoms with Crippen molar-refractivity contribution >= 4 is 0 Å². The smallest absolute Gasteiger partial charge is 0.147 e. The first-order chi connectivity index (χ1) is 6.13. The Morgan fingerprint density at radius 2 is 2.23 bits per heavy atom. The molecule has 1 unspecified atom stereocenters. The highest BCUT2D eigenvalue weighted by molar-refractivity contribution is 4.87. The second kappa shape index (κ2) is 4.34. The maximum atomic E-state index is 8.72. The minimum atomic E-state index is -0.163. The molecule has 0 aromatic carbocycles. The highest BCUT2D eigenvalue weighted by Crippen LogP contribution is 1.98. The van der Waals surface area contributed by atoms with Crippen molar-refractivity contribution in [2.45, 2.75) is 32.9 Å². The first kappa shape index (κ1) is 10.1. The molecule has 1 aromatic rings. The third-order valence-corrected chi connectivity index (χ3v) is 1.91. The standard InChI is InChI=1S/C8H16N4O/c1-6-10-7(2)12(11-6)4-3-8(9)5-13/h8,13H,3-5,9H2,1-2H3. The number of aliphatic hydroxyl groups excluding tert-OH is 1. The lowest BCUT2D eigenvalue weighted by molar-refractivity contribution is 0.254. The summed E-state index contributed by atoms with van der Waals surface area (Å²) >= 11 is 0. The first-order valence-corrected chi connectivity index (χ1v) is 4.38. The van der Waals surface area contributed by atoms with E-state index in [1.807, 2.05) is 18.5 Å². The topological polar surface area (TPSA) is 77.0 Å². The zero-order chi connectivity index (χ0) is 9.84. The van der Waals surface area contributed by atoms with Gasteiger partial charge in [0.2, 0.25) is 0 Å². The minimum Gasteiger partial charge on any atom is -0.395 e. The van der Waals surface area contributed by atoms with Crippen LogP contribution in [0, 0.1) is 13.8 Å². The monoisotopic (exact) mass is 184 g/mol. The number of hydrogen-bond donors (Lipinski definition) is 2. The zero-order valence-corrected chi connectivity index (χ0v) is 8.06. The second-order valence-corrected chi connectivity index (χ2v) is 3.16. The van der Waals surface area contributed by atoms with Gasteiger partial charge in [0.1, 0.15) is 11.6 Å². The lowest BCUT2D eigenvalue weighted by atomic mass is 10.2. The third-order valence-electron chi connectivity index (χ3n) is 1.91. The van der Waals surface area contributed by atoms with Crippen LogP contribution in [0.3, 0.4) is 0 Å². The van der Waals surface area contributed by atoms with Crippen LogP contribution in [-0.4, -0.2) is 32.5 Å². The van der Waals surface area contributed by atoms with Gasteiger partial charge in [-0.25, -0.2) is 4.98 Å². The van der Waals surface area contributed by atoms with Crippen molar-refractivity contribution in [3.05, 3.63) is 11.6 Å². The molecule has 5 heteroatoms. The second-order valence-electron chi connectivity index (χ2n) is 3.16. The van der Waals surface area contributed by atoms with E-state index in [-0.39, 0.29) is 12.6 Å². The highest BCUT2D eigenvalue weighted by Gasteiger charge is 2.04. The number of nitrogens with two attached hydrogens (primary N) is 1. The average molecular weight is 184 g/mol. The average Bonchev–Trinajstić information content (AvgIpc) is 2.41. The van der Waals surface area contributed by atoms with Gasteiger partial charge >= 0.3 is 0 Å². The Morgan fingerprint density at radius 1 is 1.54 bits per heavy atom. The number of aryl methyl sites for hydroxylation is 3. The van der Waals surface area contributed by atoms with E-state index >= 15 is 0 Å². The Hall–Kier alpha value is -0.940. The van der Waals surface area contributed by atoms with Gasteiger partial charge in [-0.05, 0) is 20.3 Å². The maximum Gasteiger partial charge on any atom is 0.147 e. The van der Waals surface area contributed by atoms with Gasteiger partial charge in [0.05, 0.1) is 6.61 Å². The van der Waals surface area contributed by atoms with E-state index in [4.69, 9.17) is 10.8 Å². The predicted octanol–water partition coefficient (Wildman–Crippen LogP) is -0.395. The molecule has 0 fully saturated rings. The van der Waals surface area contributed by atoms with Crippen molar-refractivity contribution in [1.82, 2.24) is 14.8 Å². The van der Waals surface area contributed by atoms with Gasteiger partial charge in [-0.2, -0.15) is 5.10 Å². The summed E-state index contributed by atoms with van der Waals surface area (Å²) < 4.78 is 1.81. The van der Waals surface area contributed by atoms with Crippen LogP contribution < -0.4 is 5.73 Å². The maximum absolute atomic E-state index is 8.72. The molecule has 0 aliphatic rings. The molecule has 0 spiro atoms. The SMILES string of the molecule is Cc1nc(C)n(CCC(N)CO)n1. The Bertz CT molecular complexity index is 271. The molecule has 1 atom stereocenters. The summed E-state index contributed by atoms with van der Waals surface area (Å²) in [4.78, 5) is 4.16. The molecule has 0 aliphatic carbocycles. The number of nitrogens with zero attached hydrogens (tertiary/aromatic N) is 3. The Morgan fingerprint density at radius 3 is 2.69 bits per heavy atom. The summed E-state index contributed by atoms with van der Waals surface area (Å²) in [6, 6.07) is -0.163. The lowest BCUT2D eigenvalue weighted by Gasteiger charge is -2.07. The van der Waals surface area contributed by atoms with E-state index in [1.54, 1.807) is 0 Å². The van der Waals surface area contributed by atoms with Crippen molar-refractivity contribution < 1.29 is 5.11 Å². The molecule has 1 heterocycles. The van der Waals surface area contributed by atoms with E-state index < -0.39 is 0 Å². The predicted molar refractivity (Wildman–Crippen MR) is 49.2 cm³/mol. The van der Waals surface area contributed by atoms with Crippen LogP contribution >= 0.6 is 0 Å². The van der Waals surface area contributed by atoms with Gasteiger partial charge in [-0.3, -0.25) is 4.68 Å². The largest absolute Gasteiger partial charge is 0.395 e. The fourth-order valence-electron chi connectivity index (χ4n) is 1.15. The van der Waals surface area contributed by atoms with Gasteiger partial charge in [0, 0.05) is 12.6 Å². The number of aliphatic hydroxyl groups is 1. The van der Waals surface area contributed by atoms with Gasteiger partial charge in [0.15, 0.2) is 0 Å². The van der Waals surface area contributed by atoms with E-state index in [1.165, 1.54) is 0 Å². The molecule has 1 rings (SSSR count). The Labute approximate surface area is 77.6 Å². The van der Waals surface area contributed by atoms with Crippen LogP contribution in [-0.2, 0) is 6.54 Å². The van der Waals surface area contributed by atoms with Crippen molar-refractivity contribution in [3.8, 4) is 0 Å². The summed E-state index contributed by atoms with van der Waals surface area (Å²) in [7, 11) is 0. The molecule has 0 radical (unpaired) electrons. The van der Waals surface area contributed by atoms with E-state index in [2.05, 4.69) is 10.1 Å². The molecule has 5 nitrogen and oxygen atoms in total. The molecule has 13 heavy (non-hydrogen) atoms. The van der Waals surface area contributed by atoms with Crippen molar-refractivity contribution in [3.63, 3.8) is 0 Å². The van der Waals surface area contributed by atoms with E-state index in [0.717, 1.165) is 18.1 Å². The number of hydrogen-bond acceptors (Lipinski definition) is 4. The van der Waals surface area contributed by atoms with Crippen LogP contribution in [0.4, 0.5) is 0 Å². The van der Waals surface area contributed by atoms with Gasteiger partial charge in [-0.15, -0.1) is 0 Å². The van der Waals surface area contributed by atoms with Crippen LogP contribution in [0.5, 0.6) is 0 Å².